The summed E-state index contributed by atoms with van der Waals surface area (Å²) in [6.07, 6.45) is 8.92. The number of primary amides is 1. The standard InChI is InChI=1S/C40H47N5O6/c1-4-5-6-7-8-21-51-33-19-17-29(18-20-33)32-24-42-37(43-25-32)30-11-9-27(10-12-30)22-34(39(48)45-35(40(49)50)23-36(41)46)44-38(47)31-15-13-28(14-16-31)26(2)3/h9-20,24-26,34-35H,4-8,21-23H2,1-3H3,(H2,41,46)(H,44,47)(H,45,48)(H,49,50)/t34-,35-/m0/s1. The van der Waals surface area contributed by atoms with Gasteiger partial charge in [-0.3, -0.25) is 14.4 Å². The molecule has 2 atom stereocenters. The van der Waals surface area contributed by atoms with Gasteiger partial charge in [0, 0.05) is 35.5 Å². The van der Waals surface area contributed by atoms with E-state index in [0.717, 1.165) is 34.4 Å². The van der Waals surface area contributed by atoms with Crippen molar-refractivity contribution in [3.63, 3.8) is 0 Å². The van der Waals surface area contributed by atoms with E-state index in [9.17, 15) is 24.3 Å². The van der Waals surface area contributed by atoms with Gasteiger partial charge in [-0.15, -0.1) is 0 Å². The van der Waals surface area contributed by atoms with Crippen LogP contribution in [0.1, 0.15) is 86.7 Å². The third-order valence-electron chi connectivity index (χ3n) is 8.49. The number of nitrogens with zero attached hydrogens (tertiary/aromatic N) is 2. The smallest absolute Gasteiger partial charge is 0.326 e. The predicted molar refractivity (Wildman–Crippen MR) is 196 cm³/mol. The number of carboxylic acid groups (broad SMARTS) is 1. The Bertz CT molecular complexity index is 1740. The molecule has 51 heavy (non-hydrogen) atoms. The van der Waals surface area contributed by atoms with Crippen LogP contribution in [0.5, 0.6) is 5.75 Å². The first-order valence-electron chi connectivity index (χ1n) is 17.4. The highest BCUT2D eigenvalue weighted by atomic mass is 16.5. The number of benzene rings is 3. The van der Waals surface area contributed by atoms with Crippen molar-refractivity contribution in [2.75, 3.05) is 6.61 Å². The third kappa shape index (κ3) is 11.8. The summed E-state index contributed by atoms with van der Waals surface area (Å²) in [6, 6.07) is 19.4. The van der Waals surface area contributed by atoms with Gasteiger partial charge < -0.3 is 26.2 Å². The van der Waals surface area contributed by atoms with Gasteiger partial charge in [0.25, 0.3) is 5.91 Å². The molecule has 0 aliphatic heterocycles. The summed E-state index contributed by atoms with van der Waals surface area (Å²) in [5, 5.41) is 14.6. The maximum absolute atomic E-state index is 13.3. The van der Waals surface area contributed by atoms with Crippen molar-refractivity contribution in [3.05, 3.63) is 102 Å². The maximum Gasteiger partial charge on any atom is 0.326 e. The van der Waals surface area contributed by atoms with E-state index < -0.39 is 42.2 Å². The van der Waals surface area contributed by atoms with E-state index >= 15 is 0 Å². The van der Waals surface area contributed by atoms with E-state index in [1.54, 1.807) is 36.7 Å². The zero-order chi connectivity index (χ0) is 36.8. The lowest BCUT2D eigenvalue weighted by Gasteiger charge is -2.21. The average molecular weight is 694 g/mol. The number of hydrogen-bond acceptors (Lipinski definition) is 7. The largest absolute Gasteiger partial charge is 0.494 e. The molecule has 3 amide bonds. The maximum atomic E-state index is 13.3. The molecule has 5 N–H and O–H groups in total. The highest BCUT2D eigenvalue weighted by molar-refractivity contribution is 5.98. The Labute approximate surface area is 299 Å². The van der Waals surface area contributed by atoms with Gasteiger partial charge in [0.1, 0.15) is 17.8 Å². The summed E-state index contributed by atoms with van der Waals surface area (Å²) < 4.78 is 5.88. The molecule has 3 aromatic carbocycles. The van der Waals surface area contributed by atoms with Crippen LogP contribution >= 0.6 is 0 Å². The van der Waals surface area contributed by atoms with Gasteiger partial charge in [0.2, 0.25) is 11.8 Å². The minimum atomic E-state index is -1.54. The number of nitrogens with one attached hydrogen (secondary N) is 2. The molecule has 0 aliphatic rings. The van der Waals surface area contributed by atoms with Crippen LogP contribution in [0.25, 0.3) is 22.5 Å². The number of hydrogen-bond donors (Lipinski definition) is 4. The Morgan fingerprint density at radius 1 is 0.765 bits per heavy atom. The topological polar surface area (TPSA) is 174 Å². The molecule has 11 nitrogen and oxygen atoms in total. The van der Waals surface area contributed by atoms with Crippen LogP contribution < -0.4 is 21.1 Å². The molecule has 0 radical (unpaired) electrons. The van der Waals surface area contributed by atoms with Gasteiger partial charge in [0.15, 0.2) is 5.82 Å². The number of amides is 3. The number of carbonyl (C=O) groups excluding carboxylic acids is 3. The number of rotatable bonds is 19. The molecule has 0 unspecified atom stereocenters. The van der Waals surface area contributed by atoms with Crippen molar-refractivity contribution in [2.24, 2.45) is 5.73 Å². The minimum Gasteiger partial charge on any atom is -0.494 e. The molecule has 1 aromatic heterocycles. The molecule has 1 heterocycles. The fourth-order valence-electron chi connectivity index (χ4n) is 5.43. The van der Waals surface area contributed by atoms with Gasteiger partial charge in [0.05, 0.1) is 13.0 Å². The fourth-order valence-corrected chi connectivity index (χ4v) is 5.43. The zero-order valence-electron chi connectivity index (χ0n) is 29.4. The van der Waals surface area contributed by atoms with E-state index in [4.69, 9.17) is 10.5 Å². The number of aromatic nitrogens is 2. The molecule has 4 rings (SSSR count). The summed E-state index contributed by atoms with van der Waals surface area (Å²) in [6.45, 7) is 6.99. The SMILES string of the molecule is CCCCCCCOc1ccc(-c2cnc(-c3ccc(C[C@H](NC(=O)c4ccc(C(C)C)cc4)C(=O)N[C@@H](CC(N)=O)C(=O)O)cc3)nc2)cc1. The van der Waals surface area contributed by atoms with Crippen LogP contribution in [0.3, 0.4) is 0 Å². The van der Waals surface area contributed by atoms with Crippen molar-refractivity contribution in [2.45, 2.75) is 83.7 Å². The van der Waals surface area contributed by atoms with Gasteiger partial charge in [-0.05, 0) is 53.3 Å². The molecule has 268 valence electrons. The number of aliphatic carboxylic acids is 1. The van der Waals surface area contributed by atoms with Crippen LogP contribution in [-0.2, 0) is 20.8 Å². The van der Waals surface area contributed by atoms with Crippen molar-refractivity contribution in [1.82, 2.24) is 20.6 Å². The Morgan fingerprint density at radius 3 is 1.98 bits per heavy atom. The third-order valence-corrected chi connectivity index (χ3v) is 8.49. The minimum absolute atomic E-state index is 0.0448. The second kappa shape index (κ2) is 19.0. The fraction of sp³-hybridized carbons (Fsp3) is 0.350. The molecular formula is C40H47N5O6. The normalized spacial score (nSPS) is 12.2. The van der Waals surface area contributed by atoms with Crippen molar-refractivity contribution in [3.8, 4) is 28.3 Å². The highest BCUT2D eigenvalue weighted by Gasteiger charge is 2.28. The molecule has 0 saturated carbocycles. The molecule has 0 saturated heterocycles. The van der Waals surface area contributed by atoms with Crippen LogP contribution in [-0.4, -0.2) is 57.5 Å². The van der Waals surface area contributed by atoms with Crippen LogP contribution in [0.15, 0.2) is 85.2 Å². The van der Waals surface area contributed by atoms with Crippen LogP contribution in [0, 0.1) is 0 Å². The second-order valence-electron chi connectivity index (χ2n) is 12.9. The summed E-state index contributed by atoms with van der Waals surface area (Å²) in [7, 11) is 0. The second-order valence-corrected chi connectivity index (χ2v) is 12.9. The average Bonchev–Trinajstić information content (AvgIpc) is 3.13. The Balaban J connectivity index is 1.43. The van der Waals surface area contributed by atoms with Crippen LogP contribution in [0.4, 0.5) is 0 Å². The summed E-state index contributed by atoms with van der Waals surface area (Å²) in [5.74, 6) is -1.95. The summed E-state index contributed by atoms with van der Waals surface area (Å²) in [4.78, 5) is 58.8. The lowest BCUT2D eigenvalue weighted by molar-refractivity contribution is -0.143. The number of nitrogens with two attached hydrogens (primary N) is 1. The molecule has 11 heteroatoms. The summed E-state index contributed by atoms with van der Waals surface area (Å²) >= 11 is 0. The van der Waals surface area contributed by atoms with E-state index in [2.05, 4.69) is 27.5 Å². The van der Waals surface area contributed by atoms with E-state index in [1.807, 2.05) is 62.4 Å². The van der Waals surface area contributed by atoms with E-state index in [-0.39, 0.29) is 12.3 Å². The monoisotopic (exact) mass is 693 g/mol. The highest BCUT2D eigenvalue weighted by Crippen LogP contribution is 2.24. The lowest BCUT2D eigenvalue weighted by Crippen LogP contribution is -2.53. The number of ether oxygens (including phenoxy) is 1. The number of carbonyl (C=O) groups is 4. The Hall–Kier alpha value is -5.58. The van der Waals surface area contributed by atoms with Gasteiger partial charge in [-0.1, -0.05) is 95.0 Å². The van der Waals surface area contributed by atoms with Crippen molar-refractivity contribution in [1.29, 1.82) is 0 Å². The molecule has 0 bridgehead atoms. The van der Waals surface area contributed by atoms with E-state index in [0.29, 0.717) is 23.6 Å². The molecule has 0 spiro atoms. The Morgan fingerprint density at radius 2 is 1.39 bits per heavy atom. The number of carboxylic acids is 1. The van der Waals surface area contributed by atoms with E-state index in [1.165, 1.54) is 25.7 Å². The van der Waals surface area contributed by atoms with Gasteiger partial charge in [-0.2, -0.15) is 0 Å². The van der Waals surface area contributed by atoms with Gasteiger partial charge >= 0.3 is 5.97 Å². The summed E-state index contributed by atoms with van der Waals surface area (Å²) in [5.41, 5.74) is 9.86. The molecule has 0 fully saturated rings. The first kappa shape index (κ1) is 38.2. The zero-order valence-corrected chi connectivity index (χ0v) is 29.4. The van der Waals surface area contributed by atoms with Crippen LogP contribution in [0.2, 0.25) is 0 Å². The van der Waals surface area contributed by atoms with Crippen molar-refractivity contribution < 1.29 is 29.0 Å². The number of unbranched alkanes of at least 4 members (excludes halogenated alkanes) is 4. The first-order valence-corrected chi connectivity index (χ1v) is 17.4. The predicted octanol–water partition coefficient (Wildman–Crippen LogP) is 6.07. The molecule has 4 aromatic rings. The quantitative estimate of drug-likeness (QED) is 0.0857. The molecule has 0 aliphatic carbocycles. The lowest BCUT2D eigenvalue weighted by atomic mass is 10.0. The Kier molecular flexibility index (Phi) is 14.2. The van der Waals surface area contributed by atoms with Gasteiger partial charge in [-0.25, -0.2) is 14.8 Å². The first-order chi connectivity index (χ1) is 24.5. The molecular weight excluding hydrogens is 646 g/mol. The van der Waals surface area contributed by atoms with Crippen molar-refractivity contribution >= 4 is 23.7 Å².